The Hall–Kier alpha value is -0.910. The zero-order chi connectivity index (χ0) is 16.1. The molecule has 0 radical (unpaired) electrons. The minimum atomic E-state index is -7.88. The summed E-state index contributed by atoms with van der Waals surface area (Å²) in [6.45, 7) is 0. The topological polar surface area (TPSA) is 43.4 Å². The minimum Gasteiger partial charge on any atom is -0.204 e. The van der Waals surface area contributed by atoms with Crippen molar-refractivity contribution in [3.63, 3.8) is 0 Å². The lowest BCUT2D eigenvalue weighted by Gasteiger charge is -2.35. The number of thiol groups is 1. The maximum Gasteiger partial charge on any atom is 0.337 e. The Labute approximate surface area is 125 Å². The second-order valence-electron chi connectivity index (χ2n) is 3.98. The summed E-state index contributed by atoms with van der Waals surface area (Å²) in [7, 11) is -13.7. The van der Waals surface area contributed by atoms with Gasteiger partial charge in [0.05, 0.1) is 5.57 Å². The van der Waals surface area contributed by atoms with Gasteiger partial charge in [-0.3, -0.25) is 0 Å². The maximum absolute atomic E-state index is 14.0. The average molecular weight is 413 g/mol. The highest BCUT2D eigenvalue weighted by atomic mass is 79.9. The molecule has 118 valence electrons. The molecule has 1 heterocycles. The first-order valence-corrected chi connectivity index (χ1v) is 9.21. The number of halogens is 6. The fourth-order valence-corrected chi connectivity index (χ4v) is 6.44. The van der Waals surface area contributed by atoms with E-state index in [0.717, 1.165) is 12.1 Å². The van der Waals surface area contributed by atoms with Gasteiger partial charge in [-0.2, -0.15) is 8.42 Å². The van der Waals surface area contributed by atoms with Gasteiger partial charge in [-0.1, -0.05) is 34.7 Å². The van der Waals surface area contributed by atoms with Crippen molar-refractivity contribution in [1.82, 2.24) is 0 Å². The molecule has 0 saturated heterocycles. The van der Waals surface area contributed by atoms with Crippen molar-refractivity contribution in [1.29, 1.82) is 0 Å². The van der Waals surface area contributed by atoms with Crippen LogP contribution < -0.4 is 0 Å². The number of hydrogen-bond acceptors (Lipinski definition) is 3. The third-order valence-corrected chi connectivity index (χ3v) is 8.87. The van der Waals surface area contributed by atoms with Gasteiger partial charge >= 0.3 is 10.1 Å². The molecule has 0 amide bonds. The summed E-state index contributed by atoms with van der Waals surface area (Å²) in [5.41, 5.74) is -1.62. The van der Waals surface area contributed by atoms with Crippen LogP contribution in [-0.2, 0) is 14.5 Å². The van der Waals surface area contributed by atoms with Crippen LogP contribution in [-0.4, -0.2) is 8.42 Å². The van der Waals surface area contributed by atoms with Gasteiger partial charge in [0.15, 0.2) is 10.1 Å². The fraction of sp³-hybridized carbons (Fsp3) is 0. The van der Waals surface area contributed by atoms with Crippen molar-refractivity contribution in [2.45, 2.75) is 0 Å². The van der Waals surface area contributed by atoms with Gasteiger partial charge in [0.25, 0.3) is 0 Å². The summed E-state index contributed by atoms with van der Waals surface area (Å²) in [6, 6.07) is 6.15. The van der Waals surface area contributed by atoms with Crippen LogP contribution in [0.3, 0.4) is 0 Å². The summed E-state index contributed by atoms with van der Waals surface area (Å²) >= 11 is 2.03. The molecule has 1 aliphatic heterocycles. The lowest BCUT2D eigenvalue weighted by molar-refractivity contribution is 0.00495. The van der Waals surface area contributed by atoms with Gasteiger partial charge in [-0.15, -0.1) is 11.7 Å². The van der Waals surface area contributed by atoms with Crippen LogP contribution in [0.2, 0.25) is 0 Å². The zero-order valence-corrected chi connectivity index (χ0v) is 13.0. The van der Waals surface area contributed by atoms with Crippen molar-refractivity contribution < 1.29 is 33.4 Å². The lowest BCUT2D eigenvalue weighted by atomic mass is 10.1. The van der Waals surface area contributed by atoms with Gasteiger partial charge in [0.2, 0.25) is 0 Å². The first kappa shape index (κ1) is 16.5. The molecule has 0 saturated carbocycles. The smallest absolute Gasteiger partial charge is 0.204 e. The predicted octanol–water partition coefficient (Wildman–Crippen LogP) is 4.86. The van der Waals surface area contributed by atoms with E-state index in [1.807, 2.05) is 15.9 Å². The molecule has 0 atom stereocenters. The van der Waals surface area contributed by atoms with Gasteiger partial charge in [-0.05, 0) is 26.0 Å². The molecule has 1 aromatic rings. The molecule has 3 nitrogen and oxygen atoms in total. The monoisotopic (exact) mass is 412 g/mol. The second kappa shape index (κ2) is 4.80. The molecule has 2 rings (SSSR count). The minimum absolute atomic E-state index is 0.359. The predicted molar refractivity (Wildman–Crippen MR) is 73.8 cm³/mol. The van der Waals surface area contributed by atoms with Crippen molar-refractivity contribution in [2.75, 3.05) is 0 Å². The molecule has 1 aromatic carbocycles. The van der Waals surface area contributed by atoms with Crippen molar-refractivity contribution in [3.8, 4) is 0 Å². The fourth-order valence-electron chi connectivity index (χ4n) is 1.82. The second-order valence-corrected chi connectivity index (χ2v) is 9.65. The number of hydrogen-bond donors (Lipinski definition) is 1. The quantitative estimate of drug-likeness (QED) is 0.569. The van der Waals surface area contributed by atoms with Crippen LogP contribution in [0.5, 0.6) is 0 Å². The number of allylic oxidation sites excluding steroid dienone is 2. The highest BCUT2D eigenvalue weighted by Crippen LogP contribution is 2.92. The van der Waals surface area contributed by atoms with Crippen LogP contribution in [0, 0.1) is 0 Å². The Kier molecular flexibility index (Phi) is 3.76. The van der Waals surface area contributed by atoms with E-state index >= 15 is 0 Å². The molecular formula is C10H6BrF5O3S2. The van der Waals surface area contributed by atoms with Crippen LogP contribution in [0.4, 0.5) is 20.6 Å². The summed E-state index contributed by atoms with van der Waals surface area (Å²) in [6.07, 6.45) is 0. The van der Waals surface area contributed by atoms with E-state index in [1.54, 1.807) is 0 Å². The van der Waals surface area contributed by atoms with Crippen LogP contribution in [0.25, 0.3) is 5.57 Å². The van der Waals surface area contributed by atoms with Crippen molar-refractivity contribution >= 4 is 41.9 Å². The van der Waals surface area contributed by atoms with E-state index in [9.17, 15) is 29.0 Å². The van der Waals surface area contributed by atoms with E-state index in [2.05, 4.69) is 4.39 Å². The van der Waals surface area contributed by atoms with Crippen molar-refractivity contribution in [2.24, 2.45) is 0 Å². The highest BCUT2D eigenvalue weighted by Gasteiger charge is 2.61. The molecule has 1 aliphatic rings. The molecule has 11 heteroatoms. The summed E-state index contributed by atoms with van der Waals surface area (Å²) < 4.78 is 89.1. The van der Waals surface area contributed by atoms with Crippen molar-refractivity contribution in [3.05, 3.63) is 49.8 Å². The molecule has 0 fully saturated rings. The Morgan fingerprint density at radius 1 is 1.10 bits per heavy atom. The third kappa shape index (κ3) is 2.41. The van der Waals surface area contributed by atoms with Crippen LogP contribution >= 0.6 is 26.2 Å². The highest BCUT2D eigenvalue weighted by molar-refractivity contribution is 9.15. The summed E-state index contributed by atoms with van der Waals surface area (Å²) in [5.74, 6) is -1.82. The first-order valence-electron chi connectivity index (χ1n) is 5.10. The van der Waals surface area contributed by atoms with Gasteiger partial charge in [0.1, 0.15) is 14.1 Å². The van der Waals surface area contributed by atoms with Gasteiger partial charge in [-0.25, -0.2) is 4.39 Å². The van der Waals surface area contributed by atoms with Gasteiger partial charge < -0.3 is 0 Å². The summed E-state index contributed by atoms with van der Waals surface area (Å²) in [5, 5.41) is 0. The molecule has 0 bridgehead atoms. The van der Waals surface area contributed by atoms with E-state index in [0.29, 0.717) is 0 Å². The average Bonchev–Trinajstić information content (AvgIpc) is 2.57. The van der Waals surface area contributed by atoms with E-state index in [4.69, 9.17) is 0 Å². The Morgan fingerprint density at radius 3 is 2.10 bits per heavy atom. The molecule has 0 aliphatic carbocycles. The molecule has 0 spiro atoms. The standard InChI is InChI=1S/C10H6BrF5O3S2/c11-9-8(12)7(6-4-2-1-3-5-6)10(20(17,18)19-13)21(9,14,15)16/h1-5,21H. The molecule has 0 aromatic heterocycles. The largest absolute Gasteiger partial charge is 0.337 e. The Morgan fingerprint density at radius 2 is 1.62 bits per heavy atom. The van der Waals surface area contributed by atoms with Crippen LogP contribution in [0.1, 0.15) is 5.56 Å². The Balaban J connectivity index is 2.95. The van der Waals surface area contributed by atoms with Gasteiger partial charge in [0, 0.05) is 0 Å². The van der Waals surface area contributed by atoms with E-state index in [1.165, 1.54) is 18.2 Å². The first-order chi connectivity index (χ1) is 9.51. The summed E-state index contributed by atoms with van der Waals surface area (Å²) in [4.78, 5) is 0. The number of benzene rings is 1. The Bertz CT molecular complexity index is 765. The third-order valence-electron chi connectivity index (χ3n) is 2.65. The maximum atomic E-state index is 14.0. The number of rotatable bonds is 3. The molecule has 0 N–H and O–H groups in total. The van der Waals surface area contributed by atoms with Crippen LogP contribution in [0.15, 0.2) is 44.2 Å². The molecule has 0 unspecified atom stereocenters. The van der Waals surface area contributed by atoms with E-state index in [-0.39, 0.29) is 5.56 Å². The normalized spacial score (nSPS) is 23.0. The zero-order valence-electron chi connectivity index (χ0n) is 9.73. The lowest BCUT2D eigenvalue weighted by Crippen LogP contribution is -2.12. The molecular weight excluding hydrogens is 407 g/mol. The van der Waals surface area contributed by atoms with E-state index < -0.39 is 39.9 Å². The molecule has 21 heavy (non-hydrogen) atoms. The SMILES string of the molecule is O=S(=O)(OF)C1=C(c2ccccc2)C(F)=C(Br)[SH]1(F)(F)F.